The molecule has 1 saturated carbocycles. The Bertz CT molecular complexity index is 592. The maximum absolute atomic E-state index is 11.4. The van der Waals surface area contributed by atoms with Gasteiger partial charge in [-0.2, -0.15) is 4.98 Å². The van der Waals surface area contributed by atoms with E-state index in [9.17, 15) is 4.79 Å². The fourth-order valence-corrected chi connectivity index (χ4v) is 2.23. The van der Waals surface area contributed by atoms with Crippen LogP contribution in [0.3, 0.4) is 0 Å². The molecule has 1 fully saturated rings. The molecule has 0 spiro atoms. The lowest BCUT2D eigenvalue weighted by molar-refractivity contribution is 0.0519. The molecule has 0 aliphatic heterocycles. The van der Waals surface area contributed by atoms with Crippen molar-refractivity contribution in [3.8, 4) is 0 Å². The van der Waals surface area contributed by atoms with Crippen LogP contribution in [0.25, 0.3) is 0 Å². The molecule has 0 aromatic carbocycles. The normalized spacial score (nSPS) is 14.6. The Morgan fingerprint density at radius 3 is 3.21 bits per heavy atom. The second-order valence-electron chi connectivity index (χ2n) is 3.96. The molecule has 1 aliphatic carbocycles. The van der Waals surface area contributed by atoms with Crippen molar-refractivity contribution in [2.24, 2.45) is 0 Å². The van der Waals surface area contributed by atoms with Crippen LogP contribution in [0.15, 0.2) is 21.1 Å². The van der Waals surface area contributed by atoms with Crippen molar-refractivity contribution in [3.05, 3.63) is 12.0 Å². The summed E-state index contributed by atoms with van der Waals surface area (Å²) < 4.78 is 11.8. The van der Waals surface area contributed by atoms with Crippen molar-refractivity contribution in [2.75, 3.05) is 6.61 Å². The van der Waals surface area contributed by atoms with Crippen molar-refractivity contribution in [3.63, 3.8) is 0 Å². The molecule has 2 aromatic heterocycles. The summed E-state index contributed by atoms with van der Waals surface area (Å²) in [6, 6.07) is 0.372. The molecule has 0 saturated heterocycles. The van der Waals surface area contributed by atoms with Crippen LogP contribution in [0.2, 0.25) is 0 Å². The molecule has 0 atom stereocenters. The first-order chi connectivity index (χ1) is 9.28. The third kappa shape index (κ3) is 2.60. The predicted octanol–water partition coefficient (Wildman–Crippen LogP) is 1.32. The van der Waals surface area contributed by atoms with E-state index < -0.39 is 5.97 Å². The highest BCUT2D eigenvalue weighted by molar-refractivity contribution is 7.98. The van der Waals surface area contributed by atoms with Crippen LogP contribution in [-0.4, -0.2) is 37.8 Å². The highest BCUT2D eigenvalue weighted by atomic mass is 32.2. The number of hydrogen-bond donors (Lipinski definition) is 0. The van der Waals surface area contributed by atoms with Crippen molar-refractivity contribution >= 4 is 17.7 Å². The lowest BCUT2D eigenvalue weighted by Gasteiger charge is -1.98. The van der Waals surface area contributed by atoms with Crippen molar-refractivity contribution in [2.45, 2.75) is 36.2 Å². The second-order valence-corrected chi connectivity index (χ2v) is 4.88. The smallest absolute Gasteiger partial charge is 0.360 e. The lowest BCUT2D eigenvalue weighted by atomic mass is 10.5. The largest absolute Gasteiger partial charge is 0.461 e. The van der Waals surface area contributed by atoms with Gasteiger partial charge >= 0.3 is 5.97 Å². The van der Waals surface area contributed by atoms with E-state index in [0.29, 0.717) is 23.0 Å². The molecule has 3 rings (SSSR count). The summed E-state index contributed by atoms with van der Waals surface area (Å²) in [6.45, 7) is 2.03. The Kier molecular flexibility index (Phi) is 3.20. The van der Waals surface area contributed by atoms with Crippen LogP contribution in [0.5, 0.6) is 0 Å². The Balaban J connectivity index is 1.72. The van der Waals surface area contributed by atoms with Crippen LogP contribution >= 0.6 is 11.8 Å². The van der Waals surface area contributed by atoms with E-state index in [1.807, 2.05) is 0 Å². The summed E-state index contributed by atoms with van der Waals surface area (Å²) in [5.41, 5.74) is 0.148. The Morgan fingerprint density at radius 2 is 2.47 bits per heavy atom. The van der Waals surface area contributed by atoms with Crippen LogP contribution < -0.4 is 0 Å². The first-order valence-electron chi connectivity index (χ1n) is 5.86. The van der Waals surface area contributed by atoms with Crippen LogP contribution in [0.4, 0.5) is 0 Å². The van der Waals surface area contributed by atoms with E-state index in [1.54, 1.807) is 11.6 Å². The van der Waals surface area contributed by atoms with Crippen molar-refractivity contribution in [1.29, 1.82) is 0 Å². The molecule has 0 radical (unpaired) electrons. The zero-order valence-electron chi connectivity index (χ0n) is 10.1. The maximum Gasteiger partial charge on any atom is 0.360 e. The van der Waals surface area contributed by atoms with Gasteiger partial charge in [0, 0.05) is 11.8 Å². The van der Waals surface area contributed by atoms with Crippen molar-refractivity contribution in [1.82, 2.24) is 25.2 Å². The van der Waals surface area contributed by atoms with Gasteiger partial charge in [-0.05, 0) is 30.2 Å². The number of carbonyl (C=O) groups excluding carboxylic acids is 1. The molecule has 0 unspecified atom stereocenters. The minimum absolute atomic E-state index is 0.148. The second kappa shape index (κ2) is 5.00. The van der Waals surface area contributed by atoms with Crippen LogP contribution in [-0.2, 0) is 4.74 Å². The zero-order chi connectivity index (χ0) is 13.2. The Morgan fingerprint density at radius 1 is 1.63 bits per heavy atom. The lowest BCUT2D eigenvalue weighted by Crippen LogP contribution is -2.04. The van der Waals surface area contributed by atoms with E-state index >= 15 is 0 Å². The summed E-state index contributed by atoms with van der Waals surface area (Å²) in [5, 5.41) is 12.4. The number of oxazole rings is 1. The molecular formula is C10H11N5O3S. The van der Waals surface area contributed by atoms with Crippen molar-refractivity contribution < 1.29 is 13.9 Å². The van der Waals surface area contributed by atoms with Gasteiger partial charge in [0.05, 0.1) is 12.6 Å². The summed E-state index contributed by atoms with van der Waals surface area (Å²) in [4.78, 5) is 15.5. The van der Waals surface area contributed by atoms with Gasteiger partial charge in [0.1, 0.15) is 6.26 Å². The number of hydrogen-bond acceptors (Lipinski definition) is 8. The van der Waals surface area contributed by atoms with Crippen LogP contribution in [0, 0.1) is 0 Å². The number of tetrazole rings is 1. The number of carbonyl (C=O) groups is 1. The molecule has 19 heavy (non-hydrogen) atoms. The highest BCUT2D eigenvalue weighted by Crippen LogP contribution is 2.37. The molecule has 0 amide bonds. The van der Waals surface area contributed by atoms with E-state index in [2.05, 4.69) is 20.5 Å². The first kappa shape index (κ1) is 12.2. The number of ether oxygens (including phenoxy) is 1. The summed E-state index contributed by atoms with van der Waals surface area (Å²) in [6.07, 6.45) is 3.43. The number of nitrogens with zero attached hydrogens (tertiary/aromatic N) is 5. The fraction of sp³-hybridized carbons (Fsp3) is 0.500. The van der Waals surface area contributed by atoms with Gasteiger partial charge in [-0.25, -0.2) is 9.48 Å². The fourth-order valence-electron chi connectivity index (χ4n) is 1.48. The van der Waals surface area contributed by atoms with Gasteiger partial charge in [-0.15, -0.1) is 5.10 Å². The average molecular weight is 281 g/mol. The van der Waals surface area contributed by atoms with Gasteiger partial charge in [0.2, 0.25) is 5.16 Å². The highest BCUT2D eigenvalue weighted by Gasteiger charge is 2.28. The molecule has 1 aliphatic rings. The van der Waals surface area contributed by atoms with Gasteiger partial charge < -0.3 is 9.15 Å². The quantitative estimate of drug-likeness (QED) is 0.757. The van der Waals surface area contributed by atoms with Gasteiger partial charge in [-0.1, -0.05) is 0 Å². The summed E-state index contributed by atoms with van der Waals surface area (Å²) >= 11 is 1.19. The molecule has 9 heteroatoms. The molecule has 2 aromatic rings. The molecular weight excluding hydrogens is 270 g/mol. The van der Waals surface area contributed by atoms with Crippen LogP contribution in [0.1, 0.15) is 36.3 Å². The van der Waals surface area contributed by atoms with E-state index in [-0.39, 0.29) is 5.69 Å². The third-order valence-corrected chi connectivity index (χ3v) is 3.32. The molecule has 100 valence electrons. The molecule has 2 heterocycles. The average Bonchev–Trinajstić information content (AvgIpc) is 2.96. The SMILES string of the molecule is CCOC(=O)c1coc(Sc2nnnn2C2CC2)n1. The Hall–Kier alpha value is -1.90. The first-order valence-corrected chi connectivity index (χ1v) is 6.68. The number of aromatic nitrogens is 5. The van der Waals surface area contributed by atoms with E-state index in [0.717, 1.165) is 12.8 Å². The Labute approximate surface area is 112 Å². The third-order valence-electron chi connectivity index (χ3n) is 2.50. The van der Waals surface area contributed by atoms with Gasteiger partial charge in [0.25, 0.3) is 5.22 Å². The van der Waals surface area contributed by atoms with Gasteiger partial charge in [-0.3, -0.25) is 0 Å². The number of rotatable bonds is 5. The predicted molar refractivity (Wildman–Crippen MR) is 62.7 cm³/mol. The minimum Gasteiger partial charge on any atom is -0.461 e. The van der Waals surface area contributed by atoms with E-state index in [1.165, 1.54) is 18.0 Å². The molecule has 8 nitrogen and oxygen atoms in total. The zero-order valence-corrected chi connectivity index (χ0v) is 11.0. The maximum atomic E-state index is 11.4. The summed E-state index contributed by atoms with van der Waals surface area (Å²) in [5.74, 6) is -0.500. The monoisotopic (exact) mass is 281 g/mol. The topological polar surface area (TPSA) is 95.9 Å². The standard InChI is InChI=1S/C10H11N5O3S/c1-2-17-8(16)7-5-18-10(11-7)19-9-12-13-14-15(9)6-3-4-6/h5-6H,2-4H2,1H3. The molecule has 0 N–H and O–H groups in total. The number of esters is 1. The van der Waals surface area contributed by atoms with E-state index in [4.69, 9.17) is 9.15 Å². The minimum atomic E-state index is -0.500. The van der Waals surface area contributed by atoms with Gasteiger partial charge in [0.15, 0.2) is 5.69 Å². The summed E-state index contributed by atoms with van der Waals surface area (Å²) in [7, 11) is 0. The molecule has 0 bridgehead atoms.